The minimum absolute atomic E-state index is 0.913. The Labute approximate surface area is 44.4 Å². The Kier molecular flexibility index (Phi) is 1.79. The molecule has 0 aromatic heterocycles. The maximum Gasteiger partial charge on any atom is 0.0210 e. The summed E-state index contributed by atoms with van der Waals surface area (Å²) in [4.78, 5) is 0. The van der Waals surface area contributed by atoms with E-state index in [-0.39, 0.29) is 0 Å². The molecule has 0 bridgehead atoms. The third-order valence-electron chi connectivity index (χ3n) is 0.951. The van der Waals surface area contributed by atoms with Gasteiger partial charge in [-0.2, -0.15) is 0 Å². The van der Waals surface area contributed by atoms with Crippen LogP contribution in [0.4, 0.5) is 0 Å². The van der Waals surface area contributed by atoms with Crippen LogP contribution in [0.5, 0.6) is 0 Å². The van der Waals surface area contributed by atoms with E-state index in [0.717, 1.165) is 19.4 Å². The van der Waals surface area contributed by atoms with Crippen LogP contribution in [-0.2, 0) is 0 Å². The summed E-state index contributed by atoms with van der Waals surface area (Å²) in [6, 6.07) is 0. The molecular formula is C6H9N. The topological polar surface area (TPSA) is 12.0 Å². The molecule has 1 rings (SSSR count). The van der Waals surface area contributed by atoms with Crippen LogP contribution in [0, 0.1) is 6.42 Å². The summed E-state index contributed by atoms with van der Waals surface area (Å²) in [6.07, 6.45) is 9.53. The lowest BCUT2D eigenvalue weighted by Crippen LogP contribution is -2.04. The first-order valence-corrected chi connectivity index (χ1v) is 2.59. The van der Waals surface area contributed by atoms with E-state index in [2.05, 4.69) is 17.8 Å². The molecule has 1 heterocycles. The van der Waals surface area contributed by atoms with Crippen LogP contribution < -0.4 is 5.32 Å². The van der Waals surface area contributed by atoms with E-state index in [4.69, 9.17) is 0 Å². The van der Waals surface area contributed by atoms with E-state index in [9.17, 15) is 0 Å². The van der Waals surface area contributed by atoms with Gasteiger partial charge < -0.3 is 5.32 Å². The third-order valence-corrected chi connectivity index (χ3v) is 0.951. The van der Waals surface area contributed by atoms with Gasteiger partial charge in [-0.05, 0) is 19.0 Å². The van der Waals surface area contributed by atoms with Crippen molar-refractivity contribution in [1.29, 1.82) is 0 Å². The molecule has 0 aromatic rings. The lowest BCUT2D eigenvalue weighted by molar-refractivity contribution is 0.887. The number of hydrogen-bond donors (Lipinski definition) is 1. The monoisotopic (exact) mass is 95.1 g/mol. The summed E-state index contributed by atoms with van der Waals surface area (Å²) < 4.78 is 0. The molecule has 7 heavy (non-hydrogen) atoms. The molecule has 0 saturated carbocycles. The molecule has 1 aliphatic rings. The van der Waals surface area contributed by atoms with Crippen molar-refractivity contribution in [2.75, 3.05) is 6.54 Å². The molecule has 0 saturated heterocycles. The van der Waals surface area contributed by atoms with Crippen LogP contribution in [0.1, 0.15) is 12.8 Å². The number of allylic oxidation sites excluding steroid dienone is 1. The lowest BCUT2D eigenvalue weighted by Gasteiger charge is -1.89. The van der Waals surface area contributed by atoms with Gasteiger partial charge in [-0.25, -0.2) is 0 Å². The molecule has 0 aliphatic carbocycles. The van der Waals surface area contributed by atoms with E-state index >= 15 is 0 Å². The zero-order chi connectivity index (χ0) is 4.95. The highest BCUT2D eigenvalue weighted by molar-refractivity contribution is 4.88. The summed E-state index contributed by atoms with van der Waals surface area (Å²) in [5.41, 5.74) is 0. The van der Waals surface area contributed by atoms with E-state index < -0.39 is 0 Å². The van der Waals surface area contributed by atoms with E-state index in [1.807, 2.05) is 6.20 Å². The SMILES string of the molecule is [C]1CCC=CNC1. The van der Waals surface area contributed by atoms with Gasteiger partial charge in [0, 0.05) is 13.0 Å². The van der Waals surface area contributed by atoms with Crippen LogP contribution in [0.15, 0.2) is 12.3 Å². The fourth-order valence-electron chi connectivity index (χ4n) is 0.572. The molecule has 0 aromatic carbocycles. The first-order chi connectivity index (χ1) is 3.50. The molecule has 0 atom stereocenters. The van der Waals surface area contributed by atoms with Crippen LogP contribution >= 0.6 is 0 Å². The van der Waals surface area contributed by atoms with Gasteiger partial charge >= 0.3 is 0 Å². The highest BCUT2D eigenvalue weighted by Crippen LogP contribution is 1.96. The molecule has 1 N–H and O–H groups in total. The fourth-order valence-corrected chi connectivity index (χ4v) is 0.572. The Bertz CT molecular complexity index is 58.6. The van der Waals surface area contributed by atoms with Crippen LogP contribution in [0.2, 0.25) is 0 Å². The minimum atomic E-state index is 0.913. The number of nitrogens with one attached hydrogen (secondary N) is 1. The Balaban J connectivity index is 2.20. The summed E-state index contributed by atoms with van der Waals surface area (Å²) in [5, 5.41) is 3.06. The zero-order valence-corrected chi connectivity index (χ0v) is 4.28. The molecule has 2 radical (unpaired) electrons. The molecule has 1 nitrogen and oxygen atoms in total. The summed E-state index contributed by atoms with van der Waals surface area (Å²) in [5.74, 6) is 0. The van der Waals surface area contributed by atoms with Crippen molar-refractivity contribution in [2.24, 2.45) is 0 Å². The molecule has 0 spiro atoms. The van der Waals surface area contributed by atoms with E-state index in [0.29, 0.717) is 0 Å². The average molecular weight is 95.1 g/mol. The smallest absolute Gasteiger partial charge is 0.0210 e. The van der Waals surface area contributed by atoms with Gasteiger partial charge in [0.05, 0.1) is 0 Å². The third kappa shape index (κ3) is 1.62. The van der Waals surface area contributed by atoms with Gasteiger partial charge in [-0.15, -0.1) is 0 Å². The van der Waals surface area contributed by atoms with E-state index in [1.54, 1.807) is 0 Å². The van der Waals surface area contributed by atoms with Crippen LogP contribution in [-0.4, -0.2) is 6.54 Å². The van der Waals surface area contributed by atoms with Crippen molar-refractivity contribution in [3.63, 3.8) is 0 Å². The highest BCUT2D eigenvalue weighted by Gasteiger charge is 1.88. The number of hydrogen-bond acceptors (Lipinski definition) is 1. The Morgan fingerprint density at radius 2 is 2.57 bits per heavy atom. The summed E-state index contributed by atoms with van der Waals surface area (Å²) in [7, 11) is 0. The fraction of sp³-hybridized carbons (Fsp3) is 0.500. The standard InChI is InChI=1S/C6H9N/c1-2-4-6-7-5-3-1/h3,5,7H,1-2,6H2. The molecule has 38 valence electrons. The first-order valence-electron chi connectivity index (χ1n) is 2.59. The minimum Gasteiger partial charge on any atom is -0.391 e. The summed E-state index contributed by atoms with van der Waals surface area (Å²) >= 11 is 0. The maximum absolute atomic E-state index is 3.17. The van der Waals surface area contributed by atoms with Crippen molar-refractivity contribution in [3.05, 3.63) is 18.7 Å². The first kappa shape index (κ1) is 4.69. The van der Waals surface area contributed by atoms with Crippen molar-refractivity contribution in [3.8, 4) is 0 Å². The molecule has 0 fully saturated rings. The van der Waals surface area contributed by atoms with Crippen molar-refractivity contribution in [2.45, 2.75) is 12.8 Å². The Morgan fingerprint density at radius 3 is 3.57 bits per heavy atom. The summed E-state index contributed by atoms with van der Waals surface area (Å²) in [6.45, 7) is 0.913. The van der Waals surface area contributed by atoms with Gasteiger partial charge in [0.1, 0.15) is 0 Å². The molecule has 0 unspecified atom stereocenters. The molecule has 0 amide bonds. The second-order valence-corrected chi connectivity index (χ2v) is 1.57. The van der Waals surface area contributed by atoms with E-state index in [1.165, 1.54) is 0 Å². The highest BCUT2D eigenvalue weighted by atomic mass is 14.8. The van der Waals surface area contributed by atoms with Crippen molar-refractivity contribution >= 4 is 0 Å². The average Bonchev–Trinajstić information content (AvgIpc) is 1.90. The van der Waals surface area contributed by atoms with Gasteiger partial charge in [-0.3, -0.25) is 0 Å². The normalized spacial score (nSPS) is 20.6. The Morgan fingerprint density at radius 1 is 1.57 bits per heavy atom. The van der Waals surface area contributed by atoms with Gasteiger partial charge in [0.25, 0.3) is 0 Å². The zero-order valence-electron chi connectivity index (χ0n) is 4.28. The maximum atomic E-state index is 3.17. The number of rotatable bonds is 0. The molecule has 1 aliphatic heterocycles. The van der Waals surface area contributed by atoms with Gasteiger partial charge in [0.15, 0.2) is 0 Å². The van der Waals surface area contributed by atoms with Gasteiger partial charge in [0.2, 0.25) is 0 Å². The predicted molar refractivity (Wildman–Crippen MR) is 29.6 cm³/mol. The van der Waals surface area contributed by atoms with Crippen LogP contribution in [0.3, 0.4) is 0 Å². The second kappa shape index (κ2) is 2.67. The predicted octanol–water partition coefficient (Wildman–Crippen LogP) is 0.965. The second-order valence-electron chi connectivity index (χ2n) is 1.57. The lowest BCUT2D eigenvalue weighted by atomic mass is 10.2. The quantitative estimate of drug-likeness (QED) is 0.472. The van der Waals surface area contributed by atoms with Crippen molar-refractivity contribution < 1.29 is 0 Å². The van der Waals surface area contributed by atoms with Crippen LogP contribution in [0.25, 0.3) is 0 Å². The van der Waals surface area contributed by atoms with Crippen molar-refractivity contribution in [1.82, 2.24) is 5.32 Å². The van der Waals surface area contributed by atoms with Gasteiger partial charge in [-0.1, -0.05) is 6.08 Å². The largest absolute Gasteiger partial charge is 0.391 e. The molecular weight excluding hydrogens is 86.1 g/mol. The molecule has 1 heteroatoms. The Hall–Kier alpha value is -0.460.